The van der Waals surface area contributed by atoms with Crippen molar-refractivity contribution in [2.75, 3.05) is 13.6 Å². The standard InChI is InChI=1S/C9H15N5O2/c1-13(4-8(15)7-2-3-7)9(16)5-14-6-10-11-12-14/h6-8,15H,2-5H2,1H3. The predicted molar refractivity (Wildman–Crippen MR) is 54.2 cm³/mol. The van der Waals surface area contributed by atoms with Crippen LogP contribution in [0, 0.1) is 5.92 Å². The Labute approximate surface area is 93.0 Å². The van der Waals surface area contributed by atoms with Gasteiger partial charge in [0.05, 0.1) is 6.10 Å². The van der Waals surface area contributed by atoms with E-state index < -0.39 is 6.10 Å². The average Bonchev–Trinajstić information content (AvgIpc) is 2.98. The van der Waals surface area contributed by atoms with E-state index in [9.17, 15) is 9.90 Å². The molecule has 7 nitrogen and oxygen atoms in total. The lowest BCUT2D eigenvalue weighted by Gasteiger charge is -2.20. The molecule has 0 spiro atoms. The molecule has 1 aromatic heterocycles. The molecule has 0 saturated heterocycles. The highest BCUT2D eigenvalue weighted by molar-refractivity contribution is 5.75. The van der Waals surface area contributed by atoms with Crippen LogP contribution in [0.15, 0.2) is 6.33 Å². The van der Waals surface area contributed by atoms with Gasteiger partial charge in [-0.2, -0.15) is 0 Å². The maximum Gasteiger partial charge on any atom is 0.244 e. The van der Waals surface area contributed by atoms with Crippen molar-refractivity contribution in [2.45, 2.75) is 25.5 Å². The molecule has 1 aliphatic carbocycles. The van der Waals surface area contributed by atoms with Gasteiger partial charge in [0.15, 0.2) is 0 Å². The van der Waals surface area contributed by atoms with Crippen molar-refractivity contribution in [3.63, 3.8) is 0 Å². The molecule has 7 heteroatoms. The van der Waals surface area contributed by atoms with Gasteiger partial charge in [-0.15, -0.1) is 5.10 Å². The number of hydrogen-bond donors (Lipinski definition) is 1. The Morgan fingerprint density at radius 2 is 2.44 bits per heavy atom. The van der Waals surface area contributed by atoms with Gasteiger partial charge < -0.3 is 10.0 Å². The van der Waals surface area contributed by atoms with Crippen molar-refractivity contribution >= 4 is 5.91 Å². The van der Waals surface area contributed by atoms with Gasteiger partial charge >= 0.3 is 0 Å². The first-order chi connectivity index (χ1) is 7.66. The minimum absolute atomic E-state index is 0.105. The fourth-order valence-electron chi connectivity index (χ4n) is 1.52. The number of rotatable bonds is 5. The van der Waals surface area contributed by atoms with E-state index in [0.29, 0.717) is 12.5 Å². The summed E-state index contributed by atoms with van der Waals surface area (Å²) < 4.78 is 1.36. The highest BCUT2D eigenvalue weighted by Gasteiger charge is 2.31. The Kier molecular flexibility index (Phi) is 3.14. The SMILES string of the molecule is CN(CC(O)C1CC1)C(=O)Cn1cnnn1. The first-order valence-electron chi connectivity index (χ1n) is 5.29. The number of hydrogen-bond acceptors (Lipinski definition) is 5. The Hall–Kier alpha value is -1.50. The predicted octanol–water partition coefficient (Wildman–Crippen LogP) is -1.10. The van der Waals surface area contributed by atoms with Gasteiger partial charge in [-0.25, -0.2) is 4.68 Å². The van der Waals surface area contributed by atoms with Crippen LogP contribution in [0.25, 0.3) is 0 Å². The third kappa shape index (κ3) is 2.75. The van der Waals surface area contributed by atoms with Gasteiger partial charge in [0, 0.05) is 13.6 Å². The van der Waals surface area contributed by atoms with E-state index in [-0.39, 0.29) is 12.5 Å². The summed E-state index contributed by atoms with van der Waals surface area (Å²) >= 11 is 0. The first-order valence-corrected chi connectivity index (χ1v) is 5.29. The number of aliphatic hydroxyl groups excluding tert-OH is 1. The van der Waals surface area contributed by atoms with Crippen LogP contribution in [0.1, 0.15) is 12.8 Å². The number of nitrogens with zero attached hydrogens (tertiary/aromatic N) is 5. The second kappa shape index (κ2) is 4.56. The van der Waals surface area contributed by atoms with Crippen molar-refractivity contribution < 1.29 is 9.90 Å². The quantitative estimate of drug-likeness (QED) is 0.687. The van der Waals surface area contributed by atoms with Crippen molar-refractivity contribution in [3.05, 3.63) is 6.33 Å². The molecule has 0 aromatic carbocycles. The molecular weight excluding hydrogens is 210 g/mol. The van der Waals surface area contributed by atoms with Crippen LogP contribution in [0.2, 0.25) is 0 Å². The van der Waals surface area contributed by atoms with E-state index in [1.807, 2.05) is 0 Å². The summed E-state index contributed by atoms with van der Waals surface area (Å²) in [7, 11) is 1.68. The Balaban J connectivity index is 1.79. The summed E-state index contributed by atoms with van der Waals surface area (Å²) in [6.07, 6.45) is 3.12. The highest BCUT2D eigenvalue weighted by Crippen LogP contribution is 2.32. The molecule has 2 rings (SSSR count). The molecule has 0 bridgehead atoms. The summed E-state index contributed by atoms with van der Waals surface area (Å²) in [6, 6.07) is 0. The van der Waals surface area contributed by atoms with Crippen LogP contribution in [-0.4, -0.2) is 55.8 Å². The average molecular weight is 225 g/mol. The van der Waals surface area contributed by atoms with E-state index in [1.165, 1.54) is 15.9 Å². The third-order valence-electron chi connectivity index (χ3n) is 2.74. The van der Waals surface area contributed by atoms with E-state index in [0.717, 1.165) is 12.8 Å². The van der Waals surface area contributed by atoms with E-state index in [2.05, 4.69) is 15.5 Å². The van der Waals surface area contributed by atoms with Gasteiger partial charge in [0.1, 0.15) is 12.9 Å². The van der Waals surface area contributed by atoms with Gasteiger partial charge in [0.25, 0.3) is 0 Å². The lowest BCUT2D eigenvalue weighted by molar-refractivity contribution is -0.132. The highest BCUT2D eigenvalue weighted by atomic mass is 16.3. The van der Waals surface area contributed by atoms with Crippen LogP contribution in [0.5, 0.6) is 0 Å². The second-order valence-electron chi connectivity index (χ2n) is 4.19. The summed E-state index contributed by atoms with van der Waals surface area (Å²) in [5, 5.41) is 20.2. The molecule has 1 aliphatic rings. The summed E-state index contributed by atoms with van der Waals surface area (Å²) in [6.45, 7) is 0.493. The molecule has 1 fully saturated rings. The van der Waals surface area contributed by atoms with Crippen molar-refractivity contribution in [3.8, 4) is 0 Å². The van der Waals surface area contributed by atoms with E-state index in [4.69, 9.17) is 0 Å². The fourth-order valence-corrected chi connectivity index (χ4v) is 1.52. The van der Waals surface area contributed by atoms with E-state index >= 15 is 0 Å². The fraction of sp³-hybridized carbons (Fsp3) is 0.778. The Morgan fingerprint density at radius 3 is 3.00 bits per heavy atom. The maximum absolute atomic E-state index is 11.7. The first kappa shape index (κ1) is 11.0. The minimum Gasteiger partial charge on any atom is -0.391 e. The monoisotopic (exact) mass is 225 g/mol. The molecule has 16 heavy (non-hydrogen) atoms. The normalized spacial score (nSPS) is 17.1. The number of aromatic nitrogens is 4. The molecule has 1 amide bonds. The Morgan fingerprint density at radius 1 is 1.69 bits per heavy atom. The lowest BCUT2D eigenvalue weighted by atomic mass is 10.2. The molecule has 1 saturated carbocycles. The number of carbonyl (C=O) groups is 1. The molecule has 1 N–H and O–H groups in total. The van der Waals surface area contributed by atoms with Gasteiger partial charge in [-0.3, -0.25) is 4.79 Å². The number of likely N-dealkylation sites (N-methyl/N-ethyl adjacent to an activating group) is 1. The minimum atomic E-state index is -0.400. The molecule has 0 radical (unpaired) electrons. The molecule has 1 heterocycles. The van der Waals surface area contributed by atoms with Crippen LogP contribution in [-0.2, 0) is 11.3 Å². The van der Waals surface area contributed by atoms with Crippen LogP contribution >= 0.6 is 0 Å². The van der Waals surface area contributed by atoms with Crippen molar-refractivity contribution in [1.82, 2.24) is 25.1 Å². The molecule has 1 unspecified atom stereocenters. The van der Waals surface area contributed by atoms with Crippen LogP contribution in [0.3, 0.4) is 0 Å². The molecule has 0 aliphatic heterocycles. The Bertz CT molecular complexity index is 349. The van der Waals surface area contributed by atoms with Crippen LogP contribution in [0.4, 0.5) is 0 Å². The van der Waals surface area contributed by atoms with Gasteiger partial charge in [-0.05, 0) is 29.2 Å². The number of tetrazole rings is 1. The largest absolute Gasteiger partial charge is 0.391 e. The number of amides is 1. The van der Waals surface area contributed by atoms with Gasteiger partial charge in [-0.1, -0.05) is 0 Å². The zero-order valence-electron chi connectivity index (χ0n) is 9.15. The van der Waals surface area contributed by atoms with Crippen LogP contribution < -0.4 is 0 Å². The zero-order valence-corrected chi connectivity index (χ0v) is 9.15. The molecule has 88 valence electrons. The topological polar surface area (TPSA) is 84.1 Å². The zero-order chi connectivity index (χ0) is 11.5. The third-order valence-corrected chi connectivity index (χ3v) is 2.74. The summed E-state index contributed by atoms with van der Waals surface area (Å²) in [4.78, 5) is 13.2. The lowest BCUT2D eigenvalue weighted by Crippen LogP contribution is -2.37. The van der Waals surface area contributed by atoms with E-state index in [1.54, 1.807) is 7.05 Å². The smallest absolute Gasteiger partial charge is 0.244 e. The van der Waals surface area contributed by atoms with Gasteiger partial charge in [0.2, 0.25) is 5.91 Å². The second-order valence-corrected chi connectivity index (χ2v) is 4.19. The number of carbonyl (C=O) groups excluding carboxylic acids is 1. The molecule has 1 atom stereocenters. The summed E-state index contributed by atoms with van der Waals surface area (Å²) in [5.41, 5.74) is 0. The summed E-state index contributed by atoms with van der Waals surface area (Å²) in [5.74, 6) is 0.273. The van der Waals surface area contributed by atoms with Crippen molar-refractivity contribution in [1.29, 1.82) is 0 Å². The maximum atomic E-state index is 11.7. The molecule has 1 aromatic rings. The van der Waals surface area contributed by atoms with Crippen molar-refractivity contribution in [2.24, 2.45) is 5.92 Å². The number of aliphatic hydroxyl groups is 1. The molecular formula is C9H15N5O2.